The molecule has 0 amide bonds. The van der Waals surface area contributed by atoms with E-state index in [1.807, 2.05) is 0 Å². The van der Waals surface area contributed by atoms with Gasteiger partial charge in [-0.05, 0) is 30.6 Å². The van der Waals surface area contributed by atoms with Crippen LogP contribution in [-0.4, -0.2) is 11.2 Å². The third-order valence-corrected chi connectivity index (χ3v) is 2.93. The lowest BCUT2D eigenvalue weighted by Crippen LogP contribution is -2.18. The molecule has 0 spiro atoms. The molecule has 0 heterocycles. The number of aliphatic hydroxyl groups excluding tert-OH is 1. The van der Waals surface area contributed by atoms with E-state index in [1.54, 1.807) is 0 Å². The first-order valence-corrected chi connectivity index (χ1v) is 4.31. The van der Waals surface area contributed by atoms with E-state index in [9.17, 15) is 5.11 Å². The number of aliphatic hydroxyl groups is 1. The maximum absolute atomic E-state index is 9.42. The molecule has 1 N–H and O–H groups in total. The Balaban J connectivity index is 2.49. The summed E-state index contributed by atoms with van der Waals surface area (Å²) < 4.78 is 0. The van der Waals surface area contributed by atoms with Gasteiger partial charge in [-0.2, -0.15) is 0 Å². The van der Waals surface area contributed by atoms with Gasteiger partial charge in [0.2, 0.25) is 0 Å². The molecule has 1 saturated carbocycles. The van der Waals surface area contributed by atoms with Gasteiger partial charge in [-0.15, -0.1) is 0 Å². The predicted octanol–water partition coefficient (Wildman–Crippen LogP) is 2.05. The van der Waals surface area contributed by atoms with Gasteiger partial charge in [0.05, 0.1) is 6.10 Å². The van der Waals surface area contributed by atoms with Gasteiger partial charge < -0.3 is 5.11 Å². The number of rotatable bonds is 1. The van der Waals surface area contributed by atoms with Crippen molar-refractivity contribution in [1.82, 2.24) is 0 Å². The first-order valence-electron chi connectivity index (χ1n) is 4.31. The highest BCUT2D eigenvalue weighted by Crippen LogP contribution is 2.36. The van der Waals surface area contributed by atoms with Crippen LogP contribution in [0.3, 0.4) is 0 Å². The SMILES string of the molecule is CC(C)[C@@H]1CC[C@@H](O)[C@H]1C. The number of hydrogen-bond acceptors (Lipinski definition) is 1. The highest BCUT2D eigenvalue weighted by atomic mass is 16.3. The average molecular weight is 142 g/mol. The predicted molar refractivity (Wildman–Crippen MR) is 42.7 cm³/mol. The second-order valence-electron chi connectivity index (χ2n) is 3.91. The molecule has 0 aliphatic heterocycles. The molecule has 60 valence electrons. The molecule has 1 heteroatoms. The van der Waals surface area contributed by atoms with E-state index in [1.165, 1.54) is 6.42 Å². The van der Waals surface area contributed by atoms with Crippen LogP contribution in [0.2, 0.25) is 0 Å². The van der Waals surface area contributed by atoms with Crippen molar-refractivity contribution in [1.29, 1.82) is 0 Å². The summed E-state index contributed by atoms with van der Waals surface area (Å²) in [5.74, 6) is 2.03. The van der Waals surface area contributed by atoms with Crippen LogP contribution in [0.25, 0.3) is 0 Å². The van der Waals surface area contributed by atoms with E-state index in [2.05, 4.69) is 20.8 Å². The van der Waals surface area contributed by atoms with Crippen molar-refractivity contribution in [2.45, 2.75) is 39.7 Å². The largest absolute Gasteiger partial charge is 0.393 e. The lowest BCUT2D eigenvalue weighted by Gasteiger charge is -2.20. The summed E-state index contributed by atoms with van der Waals surface area (Å²) in [5, 5.41) is 9.42. The van der Waals surface area contributed by atoms with Gasteiger partial charge in [0.15, 0.2) is 0 Å². The normalized spacial score (nSPS) is 41.1. The highest BCUT2D eigenvalue weighted by Gasteiger charge is 2.32. The molecule has 0 radical (unpaired) electrons. The second kappa shape index (κ2) is 2.91. The van der Waals surface area contributed by atoms with E-state index in [4.69, 9.17) is 0 Å². The molecule has 0 bridgehead atoms. The summed E-state index contributed by atoms with van der Waals surface area (Å²) in [6.45, 7) is 6.67. The van der Waals surface area contributed by atoms with E-state index in [0.29, 0.717) is 5.92 Å². The zero-order valence-electron chi connectivity index (χ0n) is 7.17. The summed E-state index contributed by atoms with van der Waals surface area (Å²) in [4.78, 5) is 0. The molecule has 1 aliphatic rings. The first-order chi connectivity index (χ1) is 4.63. The van der Waals surface area contributed by atoms with Gasteiger partial charge in [-0.1, -0.05) is 20.8 Å². The minimum Gasteiger partial charge on any atom is -0.393 e. The second-order valence-corrected chi connectivity index (χ2v) is 3.91. The van der Waals surface area contributed by atoms with Crippen LogP contribution in [0.1, 0.15) is 33.6 Å². The smallest absolute Gasteiger partial charge is 0.0568 e. The van der Waals surface area contributed by atoms with Crippen molar-refractivity contribution in [3.8, 4) is 0 Å². The fourth-order valence-corrected chi connectivity index (χ4v) is 2.11. The van der Waals surface area contributed by atoms with Crippen LogP contribution >= 0.6 is 0 Å². The van der Waals surface area contributed by atoms with E-state index in [-0.39, 0.29) is 6.10 Å². The van der Waals surface area contributed by atoms with Gasteiger partial charge >= 0.3 is 0 Å². The molecular weight excluding hydrogens is 124 g/mol. The molecule has 0 saturated heterocycles. The van der Waals surface area contributed by atoms with Crippen LogP contribution in [0, 0.1) is 17.8 Å². The van der Waals surface area contributed by atoms with Crippen molar-refractivity contribution in [2.24, 2.45) is 17.8 Å². The molecule has 0 unspecified atom stereocenters. The fourth-order valence-electron chi connectivity index (χ4n) is 2.11. The maximum atomic E-state index is 9.42. The Labute approximate surface area is 63.4 Å². The molecule has 1 aliphatic carbocycles. The van der Waals surface area contributed by atoms with Gasteiger partial charge in [0, 0.05) is 0 Å². The van der Waals surface area contributed by atoms with Crippen molar-refractivity contribution >= 4 is 0 Å². The summed E-state index contributed by atoms with van der Waals surface area (Å²) in [6.07, 6.45) is 2.22. The average Bonchev–Trinajstić information content (AvgIpc) is 2.14. The molecule has 1 fully saturated rings. The van der Waals surface area contributed by atoms with Crippen molar-refractivity contribution in [2.75, 3.05) is 0 Å². The van der Waals surface area contributed by atoms with Crippen LogP contribution < -0.4 is 0 Å². The molecule has 1 rings (SSSR count). The van der Waals surface area contributed by atoms with Crippen LogP contribution in [0.4, 0.5) is 0 Å². The Morgan fingerprint density at radius 1 is 1.30 bits per heavy atom. The Morgan fingerprint density at radius 2 is 1.90 bits per heavy atom. The molecule has 3 atom stereocenters. The van der Waals surface area contributed by atoms with E-state index < -0.39 is 0 Å². The molecule has 10 heavy (non-hydrogen) atoms. The van der Waals surface area contributed by atoms with Gasteiger partial charge in [-0.25, -0.2) is 0 Å². The minimum atomic E-state index is -0.0209. The highest BCUT2D eigenvalue weighted by molar-refractivity contribution is 4.82. The summed E-state index contributed by atoms with van der Waals surface area (Å²) in [5.41, 5.74) is 0. The summed E-state index contributed by atoms with van der Waals surface area (Å²) in [6, 6.07) is 0. The quantitative estimate of drug-likeness (QED) is 0.594. The monoisotopic (exact) mass is 142 g/mol. The summed E-state index contributed by atoms with van der Waals surface area (Å²) in [7, 11) is 0. The summed E-state index contributed by atoms with van der Waals surface area (Å²) >= 11 is 0. The third-order valence-electron chi connectivity index (χ3n) is 2.93. The van der Waals surface area contributed by atoms with Crippen LogP contribution in [0.15, 0.2) is 0 Å². The van der Waals surface area contributed by atoms with Crippen molar-refractivity contribution in [3.05, 3.63) is 0 Å². The van der Waals surface area contributed by atoms with Crippen molar-refractivity contribution < 1.29 is 5.11 Å². The Morgan fingerprint density at radius 3 is 2.10 bits per heavy atom. The first kappa shape index (κ1) is 8.06. The zero-order chi connectivity index (χ0) is 7.72. The molecule has 0 aromatic heterocycles. The topological polar surface area (TPSA) is 20.2 Å². The molecule has 1 nitrogen and oxygen atoms in total. The van der Waals surface area contributed by atoms with E-state index >= 15 is 0 Å². The standard InChI is InChI=1S/C9H18O/c1-6(2)8-4-5-9(10)7(8)3/h6-10H,4-5H2,1-3H3/t7-,8-,9+/m0/s1. The number of hydrogen-bond donors (Lipinski definition) is 1. The Kier molecular flexibility index (Phi) is 2.35. The minimum absolute atomic E-state index is 0.0209. The molecule has 0 aromatic carbocycles. The van der Waals surface area contributed by atoms with E-state index in [0.717, 1.165) is 18.3 Å². The van der Waals surface area contributed by atoms with Crippen molar-refractivity contribution in [3.63, 3.8) is 0 Å². The van der Waals surface area contributed by atoms with Crippen LogP contribution in [0.5, 0.6) is 0 Å². The zero-order valence-corrected chi connectivity index (χ0v) is 7.17. The lowest BCUT2D eigenvalue weighted by atomic mass is 9.87. The fraction of sp³-hybridized carbons (Fsp3) is 1.00. The lowest BCUT2D eigenvalue weighted by molar-refractivity contribution is 0.118. The molecular formula is C9H18O. The Bertz CT molecular complexity index is 109. The Hall–Kier alpha value is -0.0400. The van der Waals surface area contributed by atoms with Gasteiger partial charge in [0.25, 0.3) is 0 Å². The maximum Gasteiger partial charge on any atom is 0.0568 e. The van der Waals surface area contributed by atoms with Crippen LogP contribution in [-0.2, 0) is 0 Å². The third kappa shape index (κ3) is 1.34. The molecule has 0 aromatic rings. The van der Waals surface area contributed by atoms with Gasteiger partial charge in [0.1, 0.15) is 0 Å². The van der Waals surface area contributed by atoms with Gasteiger partial charge in [-0.3, -0.25) is 0 Å².